The highest BCUT2D eigenvalue weighted by Crippen LogP contribution is 2.43. The van der Waals surface area contributed by atoms with E-state index >= 15 is 0 Å². The number of halogens is 3. The Balaban J connectivity index is 2.12. The van der Waals surface area contributed by atoms with E-state index in [1.54, 1.807) is 26.1 Å². The number of fused-ring (bicyclic) bond motifs is 1. The number of anilines is 2. The van der Waals surface area contributed by atoms with Crippen LogP contribution in [0.3, 0.4) is 0 Å². The highest BCUT2D eigenvalue weighted by atomic mass is 19.3. The molecule has 0 aliphatic carbocycles. The Kier molecular flexibility index (Phi) is 5.34. The Morgan fingerprint density at radius 1 is 1.18 bits per heavy atom. The van der Waals surface area contributed by atoms with Crippen molar-refractivity contribution in [2.24, 2.45) is 10.7 Å². The number of benzene rings is 1. The predicted molar refractivity (Wildman–Crippen MR) is 105 cm³/mol. The van der Waals surface area contributed by atoms with Gasteiger partial charge in [-0.3, -0.25) is 0 Å². The molecule has 1 aromatic carbocycles. The molecule has 2 aromatic rings. The minimum absolute atomic E-state index is 0.0971. The molecule has 8 heteroatoms. The summed E-state index contributed by atoms with van der Waals surface area (Å²) < 4.78 is 41.1. The molecule has 1 aromatic heterocycles. The standard InChI is InChI=1S/C20H24F3N5/c1-10(2)26-17-8-15-16(9-25-17)27-12(4)28-20(15,24)11(3)13-6-5-7-14(18(13)21)19(22)23/h5-11,19H,24H2,1-4H3,(H,25,26)(H,27,28)/t11-,20?/m1/s1. The van der Waals surface area contributed by atoms with E-state index < -0.39 is 29.4 Å². The number of aromatic nitrogens is 1. The van der Waals surface area contributed by atoms with Crippen LogP contribution < -0.4 is 16.4 Å². The number of aliphatic imine (C=N–C) groups is 1. The van der Waals surface area contributed by atoms with Crippen molar-refractivity contribution in [2.75, 3.05) is 10.6 Å². The highest BCUT2D eigenvalue weighted by Gasteiger charge is 2.41. The summed E-state index contributed by atoms with van der Waals surface area (Å²) in [5.74, 6) is -0.499. The lowest BCUT2D eigenvalue weighted by atomic mass is 9.81. The molecule has 28 heavy (non-hydrogen) atoms. The number of rotatable bonds is 5. The lowest BCUT2D eigenvalue weighted by Gasteiger charge is -2.38. The summed E-state index contributed by atoms with van der Waals surface area (Å²) >= 11 is 0. The van der Waals surface area contributed by atoms with Crippen molar-refractivity contribution in [1.82, 2.24) is 4.98 Å². The minimum atomic E-state index is -2.91. The van der Waals surface area contributed by atoms with Crippen LogP contribution >= 0.6 is 0 Å². The Bertz CT molecular complexity index is 913. The molecule has 0 radical (unpaired) electrons. The molecule has 4 N–H and O–H groups in total. The summed E-state index contributed by atoms with van der Waals surface area (Å²) in [6.45, 7) is 7.38. The largest absolute Gasteiger partial charge is 0.368 e. The number of nitrogens with two attached hydrogens (primary N) is 1. The fourth-order valence-electron chi connectivity index (χ4n) is 3.46. The van der Waals surface area contributed by atoms with Gasteiger partial charge in [0.1, 0.15) is 23.1 Å². The van der Waals surface area contributed by atoms with E-state index in [1.165, 1.54) is 12.1 Å². The van der Waals surface area contributed by atoms with Crippen LogP contribution in [0.1, 0.15) is 56.7 Å². The van der Waals surface area contributed by atoms with E-state index in [-0.39, 0.29) is 11.6 Å². The summed E-state index contributed by atoms with van der Waals surface area (Å²) in [4.78, 5) is 8.90. The molecule has 5 nitrogen and oxygen atoms in total. The molecule has 1 aliphatic rings. The monoisotopic (exact) mass is 391 g/mol. The molecular formula is C20H24F3N5. The highest BCUT2D eigenvalue weighted by molar-refractivity contribution is 5.96. The van der Waals surface area contributed by atoms with Gasteiger partial charge >= 0.3 is 0 Å². The molecule has 0 amide bonds. The maximum absolute atomic E-state index is 14.8. The van der Waals surface area contributed by atoms with E-state index in [4.69, 9.17) is 5.73 Å². The Morgan fingerprint density at radius 2 is 1.86 bits per heavy atom. The molecule has 0 saturated heterocycles. The van der Waals surface area contributed by atoms with Crippen LogP contribution in [0.4, 0.5) is 24.7 Å². The average molecular weight is 391 g/mol. The van der Waals surface area contributed by atoms with Crippen LogP contribution in [0.2, 0.25) is 0 Å². The first-order valence-electron chi connectivity index (χ1n) is 9.09. The van der Waals surface area contributed by atoms with E-state index in [0.717, 1.165) is 6.07 Å². The summed E-state index contributed by atoms with van der Waals surface area (Å²) in [5, 5.41) is 6.31. The van der Waals surface area contributed by atoms with Gasteiger partial charge in [-0.15, -0.1) is 0 Å². The molecule has 3 rings (SSSR count). The number of nitrogens with one attached hydrogen (secondary N) is 2. The van der Waals surface area contributed by atoms with Gasteiger partial charge in [0.2, 0.25) is 0 Å². The SMILES string of the molecule is CC1=NC(N)([C@H](C)c2cccc(C(F)F)c2F)c2cc(NC(C)C)ncc2N1. The second-order valence-electron chi connectivity index (χ2n) is 7.33. The molecule has 1 unspecified atom stereocenters. The average Bonchev–Trinajstić information content (AvgIpc) is 2.61. The van der Waals surface area contributed by atoms with Crippen LogP contribution in [-0.2, 0) is 5.66 Å². The Hall–Kier alpha value is -2.61. The van der Waals surface area contributed by atoms with E-state index in [0.29, 0.717) is 22.9 Å². The van der Waals surface area contributed by atoms with Gasteiger partial charge in [0.25, 0.3) is 6.43 Å². The molecule has 150 valence electrons. The van der Waals surface area contributed by atoms with Crippen LogP contribution in [0, 0.1) is 5.82 Å². The van der Waals surface area contributed by atoms with Crippen molar-refractivity contribution in [2.45, 2.75) is 51.7 Å². The van der Waals surface area contributed by atoms with Crippen molar-refractivity contribution in [3.8, 4) is 0 Å². The van der Waals surface area contributed by atoms with Gasteiger partial charge in [-0.1, -0.05) is 25.1 Å². The number of alkyl halides is 2. The van der Waals surface area contributed by atoms with Gasteiger partial charge in [-0.2, -0.15) is 0 Å². The molecule has 0 spiro atoms. The van der Waals surface area contributed by atoms with Crippen molar-refractivity contribution in [1.29, 1.82) is 0 Å². The summed E-state index contributed by atoms with van der Waals surface area (Å²) in [6.07, 6.45) is -1.27. The molecule has 0 fully saturated rings. The van der Waals surface area contributed by atoms with Crippen molar-refractivity contribution in [3.05, 3.63) is 53.0 Å². The molecule has 0 saturated carbocycles. The van der Waals surface area contributed by atoms with Gasteiger partial charge in [-0.25, -0.2) is 23.1 Å². The second-order valence-corrected chi connectivity index (χ2v) is 7.33. The maximum atomic E-state index is 14.8. The zero-order chi connectivity index (χ0) is 20.6. The molecule has 0 bridgehead atoms. The molecule has 2 heterocycles. The zero-order valence-corrected chi connectivity index (χ0v) is 16.2. The van der Waals surface area contributed by atoms with Crippen LogP contribution in [-0.4, -0.2) is 16.9 Å². The van der Waals surface area contributed by atoms with E-state index in [2.05, 4.69) is 20.6 Å². The fourth-order valence-corrected chi connectivity index (χ4v) is 3.46. The van der Waals surface area contributed by atoms with Gasteiger partial charge in [0.05, 0.1) is 17.4 Å². The lowest BCUT2D eigenvalue weighted by Crippen LogP contribution is -2.45. The first-order valence-corrected chi connectivity index (χ1v) is 9.09. The van der Waals surface area contributed by atoms with E-state index in [9.17, 15) is 13.2 Å². The third-order valence-corrected chi connectivity index (χ3v) is 4.86. The predicted octanol–water partition coefficient (Wildman–Crippen LogP) is 4.74. The number of amidine groups is 1. The zero-order valence-electron chi connectivity index (χ0n) is 16.2. The third-order valence-electron chi connectivity index (χ3n) is 4.86. The normalized spacial score (nSPS) is 19.9. The molecule has 2 atom stereocenters. The Morgan fingerprint density at radius 3 is 2.50 bits per heavy atom. The first kappa shape index (κ1) is 20.1. The number of nitrogens with zero attached hydrogens (tertiary/aromatic N) is 2. The van der Waals surface area contributed by atoms with Crippen LogP contribution in [0.15, 0.2) is 35.5 Å². The Labute approximate surface area is 162 Å². The number of hydrogen-bond donors (Lipinski definition) is 3. The van der Waals surface area contributed by atoms with Crippen molar-refractivity contribution >= 4 is 17.3 Å². The van der Waals surface area contributed by atoms with Gasteiger partial charge < -0.3 is 16.4 Å². The third kappa shape index (κ3) is 3.56. The summed E-state index contributed by atoms with van der Waals surface area (Å²) in [5.41, 5.74) is 6.08. The van der Waals surface area contributed by atoms with Gasteiger partial charge in [0.15, 0.2) is 0 Å². The maximum Gasteiger partial charge on any atom is 0.266 e. The topological polar surface area (TPSA) is 75.3 Å². The van der Waals surface area contributed by atoms with Gasteiger partial charge in [-0.05, 0) is 32.4 Å². The van der Waals surface area contributed by atoms with Crippen LogP contribution in [0.25, 0.3) is 0 Å². The lowest BCUT2D eigenvalue weighted by molar-refractivity contribution is 0.145. The minimum Gasteiger partial charge on any atom is -0.368 e. The van der Waals surface area contributed by atoms with Crippen LogP contribution in [0.5, 0.6) is 0 Å². The summed E-state index contributed by atoms with van der Waals surface area (Å²) in [6, 6.07) is 5.89. The number of hydrogen-bond acceptors (Lipinski definition) is 5. The smallest absolute Gasteiger partial charge is 0.266 e. The summed E-state index contributed by atoms with van der Waals surface area (Å²) in [7, 11) is 0. The number of pyridine rings is 1. The van der Waals surface area contributed by atoms with Crippen molar-refractivity contribution in [3.63, 3.8) is 0 Å². The quantitative estimate of drug-likeness (QED) is 0.688. The van der Waals surface area contributed by atoms with E-state index in [1.807, 2.05) is 13.8 Å². The second kappa shape index (κ2) is 7.43. The van der Waals surface area contributed by atoms with Gasteiger partial charge in [0, 0.05) is 17.5 Å². The molecular weight excluding hydrogens is 367 g/mol. The van der Waals surface area contributed by atoms with Crippen molar-refractivity contribution < 1.29 is 13.2 Å². The molecule has 1 aliphatic heterocycles. The first-order chi connectivity index (χ1) is 13.1. The fraction of sp³-hybridized carbons (Fsp3) is 0.400.